The van der Waals surface area contributed by atoms with Crippen LogP contribution in [0.1, 0.15) is 32.1 Å². The topological polar surface area (TPSA) is 21.3 Å². The van der Waals surface area contributed by atoms with Crippen LogP contribution in [0.4, 0.5) is 0 Å². The Balaban J connectivity index is 1.70. The molecule has 1 aliphatic rings. The average Bonchev–Trinajstić information content (AvgIpc) is 2.84. The van der Waals surface area contributed by atoms with Gasteiger partial charge in [0.25, 0.3) is 0 Å². The minimum absolute atomic E-state index is 0.735. The van der Waals surface area contributed by atoms with E-state index in [9.17, 15) is 0 Å². The van der Waals surface area contributed by atoms with Crippen LogP contribution in [-0.4, -0.2) is 19.2 Å². The van der Waals surface area contributed by atoms with Crippen LogP contribution in [0.25, 0.3) is 0 Å². The van der Waals surface area contributed by atoms with Crippen LogP contribution in [0.2, 0.25) is 0 Å². The molecule has 0 atom stereocenters. The molecule has 5 heteroatoms. The molecule has 0 amide bonds. The molecule has 1 fully saturated rings. The summed E-state index contributed by atoms with van der Waals surface area (Å²) in [5, 5.41) is 3.60. The van der Waals surface area contributed by atoms with Crippen molar-refractivity contribution in [2.45, 2.75) is 38.1 Å². The summed E-state index contributed by atoms with van der Waals surface area (Å²) in [6, 6.07) is 4.74. The molecule has 0 unspecified atom stereocenters. The van der Waals surface area contributed by atoms with Gasteiger partial charge in [0, 0.05) is 10.5 Å². The van der Waals surface area contributed by atoms with Crippen molar-refractivity contribution in [3.63, 3.8) is 0 Å². The molecule has 1 aliphatic carbocycles. The first-order valence-electron chi connectivity index (χ1n) is 6.67. The standard InChI is InChI=1S/C14H18Br3NO/c15-10-8-12(16)14(13(17)9-10)19-7-3-6-18-11-4-1-2-5-11/h8-9,11,18H,1-7H2. The van der Waals surface area contributed by atoms with E-state index in [1.54, 1.807) is 0 Å². The molecule has 1 saturated carbocycles. The molecular weight excluding hydrogens is 438 g/mol. The predicted octanol–water partition coefficient (Wildman–Crippen LogP) is 5.28. The molecule has 0 spiro atoms. The van der Waals surface area contributed by atoms with Crippen molar-refractivity contribution in [1.29, 1.82) is 0 Å². The summed E-state index contributed by atoms with van der Waals surface area (Å²) in [4.78, 5) is 0. The Hall–Kier alpha value is 0.420. The van der Waals surface area contributed by atoms with Gasteiger partial charge in [0.15, 0.2) is 0 Å². The Morgan fingerprint density at radius 1 is 1.11 bits per heavy atom. The second kappa shape index (κ2) is 8.01. The van der Waals surface area contributed by atoms with Gasteiger partial charge < -0.3 is 10.1 Å². The van der Waals surface area contributed by atoms with Gasteiger partial charge in [-0.05, 0) is 69.8 Å². The molecule has 19 heavy (non-hydrogen) atoms. The lowest BCUT2D eigenvalue weighted by Gasteiger charge is -2.13. The third-order valence-electron chi connectivity index (χ3n) is 3.32. The Morgan fingerprint density at radius 3 is 2.37 bits per heavy atom. The Labute approximate surface area is 140 Å². The van der Waals surface area contributed by atoms with E-state index >= 15 is 0 Å². The Kier molecular flexibility index (Phi) is 6.66. The molecule has 106 valence electrons. The molecule has 0 bridgehead atoms. The van der Waals surface area contributed by atoms with Gasteiger partial charge in [-0.25, -0.2) is 0 Å². The smallest absolute Gasteiger partial charge is 0.147 e. The largest absolute Gasteiger partial charge is 0.491 e. The zero-order valence-corrected chi connectivity index (χ0v) is 15.5. The maximum atomic E-state index is 5.83. The lowest BCUT2D eigenvalue weighted by Crippen LogP contribution is -2.27. The molecule has 1 N–H and O–H groups in total. The number of benzene rings is 1. The van der Waals surface area contributed by atoms with Gasteiger partial charge >= 0.3 is 0 Å². The molecule has 0 heterocycles. The van der Waals surface area contributed by atoms with Crippen LogP contribution >= 0.6 is 47.8 Å². The van der Waals surface area contributed by atoms with Gasteiger partial charge in [-0.3, -0.25) is 0 Å². The number of hydrogen-bond acceptors (Lipinski definition) is 2. The highest BCUT2D eigenvalue weighted by atomic mass is 79.9. The summed E-state index contributed by atoms with van der Waals surface area (Å²) < 4.78 is 8.80. The van der Waals surface area contributed by atoms with Crippen LogP contribution < -0.4 is 10.1 Å². The van der Waals surface area contributed by atoms with E-state index in [4.69, 9.17) is 4.74 Å². The fraction of sp³-hybridized carbons (Fsp3) is 0.571. The molecule has 2 nitrogen and oxygen atoms in total. The fourth-order valence-corrected chi connectivity index (χ4v) is 4.84. The van der Waals surface area contributed by atoms with Crippen LogP contribution in [0, 0.1) is 0 Å². The summed E-state index contributed by atoms with van der Waals surface area (Å²) >= 11 is 10.5. The van der Waals surface area contributed by atoms with E-state index in [-0.39, 0.29) is 0 Å². The van der Waals surface area contributed by atoms with Crippen LogP contribution in [0.5, 0.6) is 5.75 Å². The summed E-state index contributed by atoms with van der Waals surface area (Å²) in [5.74, 6) is 0.879. The zero-order valence-electron chi connectivity index (χ0n) is 10.7. The third kappa shape index (κ3) is 5.03. The maximum absolute atomic E-state index is 5.83. The first-order chi connectivity index (χ1) is 9.16. The number of halogens is 3. The van der Waals surface area contributed by atoms with E-state index in [0.29, 0.717) is 0 Å². The molecule has 1 aromatic rings. The van der Waals surface area contributed by atoms with Crippen LogP contribution in [0.15, 0.2) is 25.6 Å². The van der Waals surface area contributed by atoms with Crippen molar-refractivity contribution in [2.75, 3.05) is 13.2 Å². The zero-order chi connectivity index (χ0) is 13.7. The molecule has 0 aromatic heterocycles. The fourth-order valence-electron chi connectivity index (χ4n) is 2.35. The van der Waals surface area contributed by atoms with E-state index in [2.05, 4.69) is 53.1 Å². The lowest BCUT2D eigenvalue weighted by molar-refractivity contribution is 0.301. The van der Waals surface area contributed by atoms with Crippen molar-refractivity contribution in [2.24, 2.45) is 0 Å². The highest BCUT2D eigenvalue weighted by Gasteiger charge is 2.13. The van der Waals surface area contributed by atoms with Crippen LogP contribution in [-0.2, 0) is 0 Å². The summed E-state index contributed by atoms with van der Waals surface area (Å²) in [6.07, 6.45) is 6.47. The Morgan fingerprint density at radius 2 is 1.74 bits per heavy atom. The van der Waals surface area contributed by atoms with E-state index < -0.39 is 0 Å². The highest BCUT2D eigenvalue weighted by Crippen LogP contribution is 2.36. The normalized spacial score (nSPS) is 15.9. The van der Waals surface area contributed by atoms with Gasteiger partial charge in [0.2, 0.25) is 0 Å². The Bertz CT molecular complexity index is 396. The first kappa shape index (κ1) is 15.8. The molecule has 2 rings (SSSR count). The molecule has 0 radical (unpaired) electrons. The minimum Gasteiger partial charge on any atom is -0.491 e. The van der Waals surface area contributed by atoms with Crippen molar-refractivity contribution >= 4 is 47.8 Å². The SMILES string of the molecule is Brc1cc(Br)c(OCCCNC2CCCC2)c(Br)c1. The number of rotatable bonds is 6. The number of ether oxygens (including phenoxy) is 1. The van der Waals surface area contributed by atoms with Crippen LogP contribution in [0.3, 0.4) is 0 Å². The minimum atomic E-state index is 0.735. The molecule has 0 aliphatic heterocycles. The van der Waals surface area contributed by atoms with Gasteiger partial charge in [0.05, 0.1) is 15.6 Å². The number of hydrogen-bond donors (Lipinski definition) is 1. The van der Waals surface area contributed by atoms with Crippen molar-refractivity contribution in [3.8, 4) is 5.75 Å². The van der Waals surface area contributed by atoms with Gasteiger partial charge in [-0.1, -0.05) is 28.8 Å². The lowest BCUT2D eigenvalue weighted by atomic mass is 10.2. The molecular formula is C14H18Br3NO. The van der Waals surface area contributed by atoms with E-state index in [0.717, 1.165) is 44.8 Å². The third-order valence-corrected chi connectivity index (χ3v) is 4.95. The maximum Gasteiger partial charge on any atom is 0.147 e. The second-order valence-corrected chi connectivity index (χ2v) is 7.46. The van der Waals surface area contributed by atoms with Gasteiger partial charge in [-0.15, -0.1) is 0 Å². The predicted molar refractivity (Wildman–Crippen MR) is 89.9 cm³/mol. The average molecular weight is 456 g/mol. The summed E-state index contributed by atoms with van der Waals surface area (Å²) in [6.45, 7) is 1.77. The van der Waals surface area contributed by atoms with E-state index in [1.165, 1.54) is 25.7 Å². The molecule has 1 aromatic carbocycles. The molecule has 0 saturated heterocycles. The summed E-state index contributed by atoms with van der Waals surface area (Å²) in [7, 11) is 0. The number of nitrogens with one attached hydrogen (secondary N) is 1. The van der Waals surface area contributed by atoms with Gasteiger partial charge in [0.1, 0.15) is 5.75 Å². The highest BCUT2D eigenvalue weighted by molar-refractivity contribution is 9.11. The quantitative estimate of drug-likeness (QED) is 0.589. The van der Waals surface area contributed by atoms with Crippen molar-refractivity contribution in [3.05, 3.63) is 25.6 Å². The van der Waals surface area contributed by atoms with Crippen molar-refractivity contribution < 1.29 is 4.74 Å². The second-order valence-electron chi connectivity index (χ2n) is 4.84. The summed E-state index contributed by atoms with van der Waals surface area (Å²) in [5.41, 5.74) is 0. The first-order valence-corrected chi connectivity index (χ1v) is 9.05. The van der Waals surface area contributed by atoms with Crippen molar-refractivity contribution in [1.82, 2.24) is 5.32 Å². The van der Waals surface area contributed by atoms with E-state index in [1.807, 2.05) is 12.1 Å². The van der Waals surface area contributed by atoms with Gasteiger partial charge in [-0.2, -0.15) is 0 Å². The monoisotopic (exact) mass is 453 g/mol.